The van der Waals surface area contributed by atoms with Crippen LogP contribution < -0.4 is 10.6 Å². The Kier molecular flexibility index (Phi) is 5.06. The van der Waals surface area contributed by atoms with Crippen LogP contribution in [-0.2, 0) is 6.54 Å². The van der Waals surface area contributed by atoms with Crippen molar-refractivity contribution in [1.29, 1.82) is 0 Å². The average molecular weight is 278 g/mol. The molecule has 2 rings (SSSR count). The van der Waals surface area contributed by atoms with Crippen LogP contribution in [-0.4, -0.2) is 16.7 Å². The number of rotatable bonds is 7. The standard InChI is InChI=1S/C14H19FN4O/c1-3-8-16-9-13-18-19-14(20-13)17-10(2)11-6-4-5-7-12(11)15/h4-7,10,16H,3,8-9H2,1-2H3,(H,17,19). The molecular formula is C14H19FN4O. The molecule has 2 aromatic rings. The Hall–Kier alpha value is -1.95. The van der Waals surface area contributed by atoms with Crippen LogP contribution in [0.5, 0.6) is 0 Å². The summed E-state index contributed by atoms with van der Waals surface area (Å²) in [5, 5.41) is 14.0. The third-order valence-corrected chi connectivity index (χ3v) is 2.88. The van der Waals surface area contributed by atoms with E-state index in [9.17, 15) is 4.39 Å². The summed E-state index contributed by atoms with van der Waals surface area (Å²) in [5.74, 6) is 0.263. The number of nitrogens with zero attached hydrogens (tertiary/aromatic N) is 2. The summed E-state index contributed by atoms with van der Waals surface area (Å²) in [7, 11) is 0. The molecule has 0 saturated carbocycles. The zero-order valence-electron chi connectivity index (χ0n) is 11.7. The van der Waals surface area contributed by atoms with Gasteiger partial charge in [-0.1, -0.05) is 30.2 Å². The third kappa shape index (κ3) is 3.77. The minimum absolute atomic E-state index is 0.242. The van der Waals surface area contributed by atoms with Crippen LogP contribution in [0, 0.1) is 5.82 Å². The van der Waals surface area contributed by atoms with Gasteiger partial charge in [0.1, 0.15) is 5.82 Å². The van der Waals surface area contributed by atoms with Crippen LogP contribution in [0.4, 0.5) is 10.4 Å². The largest absolute Gasteiger partial charge is 0.407 e. The van der Waals surface area contributed by atoms with Gasteiger partial charge in [0.05, 0.1) is 12.6 Å². The number of halogens is 1. The van der Waals surface area contributed by atoms with E-state index in [0.29, 0.717) is 24.0 Å². The Balaban J connectivity index is 1.95. The molecule has 1 aromatic carbocycles. The van der Waals surface area contributed by atoms with Crippen LogP contribution in [0.3, 0.4) is 0 Å². The van der Waals surface area contributed by atoms with Gasteiger partial charge in [0.2, 0.25) is 5.89 Å². The Morgan fingerprint density at radius 3 is 2.85 bits per heavy atom. The molecule has 1 aromatic heterocycles. The van der Waals surface area contributed by atoms with Crippen molar-refractivity contribution in [2.45, 2.75) is 32.9 Å². The van der Waals surface area contributed by atoms with E-state index in [0.717, 1.165) is 13.0 Å². The molecule has 0 fully saturated rings. The Morgan fingerprint density at radius 1 is 1.30 bits per heavy atom. The smallest absolute Gasteiger partial charge is 0.315 e. The molecule has 6 heteroatoms. The maximum absolute atomic E-state index is 13.6. The van der Waals surface area contributed by atoms with Gasteiger partial charge in [-0.3, -0.25) is 0 Å². The van der Waals surface area contributed by atoms with E-state index >= 15 is 0 Å². The lowest BCUT2D eigenvalue weighted by Gasteiger charge is -2.12. The SMILES string of the molecule is CCCNCc1nnc(NC(C)c2ccccc2F)o1. The highest BCUT2D eigenvalue weighted by Gasteiger charge is 2.13. The van der Waals surface area contributed by atoms with Gasteiger partial charge in [-0.05, 0) is 26.0 Å². The minimum atomic E-state index is -0.253. The summed E-state index contributed by atoms with van der Waals surface area (Å²) < 4.78 is 19.1. The highest BCUT2D eigenvalue weighted by molar-refractivity contribution is 5.29. The second-order valence-corrected chi connectivity index (χ2v) is 4.57. The molecule has 1 atom stereocenters. The maximum Gasteiger partial charge on any atom is 0.315 e. The van der Waals surface area contributed by atoms with Crippen molar-refractivity contribution < 1.29 is 8.81 Å². The van der Waals surface area contributed by atoms with Crippen LogP contribution in [0.2, 0.25) is 0 Å². The second-order valence-electron chi connectivity index (χ2n) is 4.57. The van der Waals surface area contributed by atoms with Crippen molar-refractivity contribution in [3.63, 3.8) is 0 Å². The minimum Gasteiger partial charge on any atom is -0.407 e. The van der Waals surface area contributed by atoms with Crippen molar-refractivity contribution in [2.75, 3.05) is 11.9 Å². The molecule has 0 amide bonds. The van der Waals surface area contributed by atoms with Gasteiger partial charge in [0.15, 0.2) is 0 Å². The molecule has 2 N–H and O–H groups in total. The van der Waals surface area contributed by atoms with Gasteiger partial charge in [-0.2, -0.15) is 0 Å². The first-order chi connectivity index (χ1) is 9.70. The molecule has 0 spiro atoms. The van der Waals surface area contributed by atoms with Gasteiger partial charge in [-0.15, -0.1) is 5.10 Å². The summed E-state index contributed by atoms with van der Waals surface area (Å²) in [6, 6.07) is 6.68. The average Bonchev–Trinajstić information content (AvgIpc) is 2.87. The molecule has 108 valence electrons. The zero-order valence-corrected chi connectivity index (χ0v) is 11.7. The van der Waals surface area contributed by atoms with Crippen molar-refractivity contribution in [1.82, 2.24) is 15.5 Å². The molecule has 0 aliphatic heterocycles. The Morgan fingerprint density at radius 2 is 2.10 bits per heavy atom. The maximum atomic E-state index is 13.6. The predicted molar refractivity (Wildman–Crippen MR) is 74.7 cm³/mol. The number of hydrogen-bond donors (Lipinski definition) is 2. The quantitative estimate of drug-likeness (QED) is 0.762. The van der Waals surface area contributed by atoms with E-state index < -0.39 is 0 Å². The van der Waals surface area contributed by atoms with Gasteiger partial charge in [-0.25, -0.2) is 4.39 Å². The Labute approximate surface area is 117 Å². The summed E-state index contributed by atoms with van der Waals surface area (Å²) in [4.78, 5) is 0. The molecular weight excluding hydrogens is 259 g/mol. The van der Waals surface area contributed by atoms with Crippen LogP contribution in [0.25, 0.3) is 0 Å². The van der Waals surface area contributed by atoms with Crippen molar-refractivity contribution in [3.8, 4) is 0 Å². The number of nitrogens with one attached hydrogen (secondary N) is 2. The number of anilines is 1. The summed E-state index contributed by atoms with van der Waals surface area (Å²) >= 11 is 0. The molecule has 0 saturated heterocycles. The first kappa shape index (κ1) is 14.5. The molecule has 1 unspecified atom stereocenters. The number of benzene rings is 1. The van der Waals surface area contributed by atoms with Crippen molar-refractivity contribution in [3.05, 3.63) is 41.5 Å². The van der Waals surface area contributed by atoms with Gasteiger partial charge < -0.3 is 15.1 Å². The van der Waals surface area contributed by atoms with Gasteiger partial charge >= 0.3 is 6.01 Å². The normalized spacial score (nSPS) is 12.3. The fourth-order valence-electron chi connectivity index (χ4n) is 1.84. The molecule has 1 heterocycles. The van der Waals surface area contributed by atoms with E-state index in [1.54, 1.807) is 18.2 Å². The lowest BCUT2D eigenvalue weighted by molar-refractivity contribution is 0.473. The lowest BCUT2D eigenvalue weighted by Crippen LogP contribution is -2.13. The monoisotopic (exact) mass is 278 g/mol. The topological polar surface area (TPSA) is 63.0 Å². The van der Waals surface area contributed by atoms with Gasteiger partial charge in [0.25, 0.3) is 0 Å². The second kappa shape index (κ2) is 7.00. The Bertz CT molecular complexity index is 543. The molecule has 0 aliphatic rings. The zero-order chi connectivity index (χ0) is 14.4. The van der Waals surface area contributed by atoms with E-state index in [1.165, 1.54) is 6.07 Å². The van der Waals surface area contributed by atoms with Crippen molar-refractivity contribution >= 4 is 6.01 Å². The summed E-state index contributed by atoms with van der Waals surface area (Å²) in [6.45, 7) is 5.37. The van der Waals surface area contributed by atoms with Gasteiger partial charge in [0, 0.05) is 5.56 Å². The highest BCUT2D eigenvalue weighted by Crippen LogP contribution is 2.20. The number of hydrogen-bond acceptors (Lipinski definition) is 5. The lowest BCUT2D eigenvalue weighted by atomic mass is 10.1. The molecule has 0 radical (unpaired) electrons. The highest BCUT2D eigenvalue weighted by atomic mass is 19.1. The fraction of sp³-hybridized carbons (Fsp3) is 0.429. The molecule has 5 nitrogen and oxygen atoms in total. The predicted octanol–water partition coefficient (Wildman–Crippen LogP) is 2.88. The fourth-order valence-corrected chi connectivity index (χ4v) is 1.84. The summed E-state index contributed by atoms with van der Waals surface area (Å²) in [6.07, 6.45) is 1.05. The summed E-state index contributed by atoms with van der Waals surface area (Å²) in [5.41, 5.74) is 0.566. The van der Waals surface area contributed by atoms with E-state index in [4.69, 9.17) is 4.42 Å². The van der Waals surface area contributed by atoms with Crippen molar-refractivity contribution in [2.24, 2.45) is 0 Å². The van der Waals surface area contributed by atoms with Crippen LogP contribution in [0.15, 0.2) is 28.7 Å². The number of aromatic nitrogens is 2. The molecule has 20 heavy (non-hydrogen) atoms. The third-order valence-electron chi connectivity index (χ3n) is 2.88. The molecule has 0 bridgehead atoms. The molecule has 0 aliphatic carbocycles. The van der Waals surface area contributed by atoms with Crippen LogP contribution >= 0.6 is 0 Å². The first-order valence-corrected chi connectivity index (χ1v) is 6.74. The van der Waals surface area contributed by atoms with E-state index in [-0.39, 0.29) is 11.9 Å². The van der Waals surface area contributed by atoms with Crippen LogP contribution in [0.1, 0.15) is 37.8 Å². The first-order valence-electron chi connectivity index (χ1n) is 6.74. The van der Waals surface area contributed by atoms with E-state index in [1.807, 2.05) is 6.92 Å². The van der Waals surface area contributed by atoms with E-state index in [2.05, 4.69) is 27.8 Å².